The summed E-state index contributed by atoms with van der Waals surface area (Å²) < 4.78 is 31.1. The number of hydrogen-bond donors (Lipinski definition) is 1. The molecule has 2 amide bonds. The third-order valence-corrected chi connectivity index (χ3v) is 6.89. The molecule has 2 aromatic carbocycles. The van der Waals surface area contributed by atoms with Gasteiger partial charge in [-0.25, -0.2) is 8.42 Å². The van der Waals surface area contributed by atoms with Crippen molar-refractivity contribution in [2.75, 3.05) is 30.8 Å². The number of carbonyl (C=O) groups is 2. The topological polar surface area (TPSA) is 96.0 Å². The zero-order valence-corrected chi connectivity index (χ0v) is 21.5. The minimum absolute atomic E-state index is 0.0658. The number of anilines is 1. The summed E-state index contributed by atoms with van der Waals surface area (Å²) in [4.78, 5) is 27.1. The Labute approximate surface area is 206 Å². The molecule has 0 aliphatic rings. The van der Waals surface area contributed by atoms with Crippen molar-refractivity contribution in [2.45, 2.75) is 39.3 Å². The molecule has 186 valence electrons. The molecular weight excluding hydrogens is 478 g/mol. The predicted molar refractivity (Wildman–Crippen MR) is 135 cm³/mol. The average molecular weight is 510 g/mol. The van der Waals surface area contributed by atoms with Crippen molar-refractivity contribution in [2.24, 2.45) is 0 Å². The monoisotopic (exact) mass is 509 g/mol. The van der Waals surface area contributed by atoms with E-state index in [1.54, 1.807) is 43.3 Å². The van der Waals surface area contributed by atoms with Gasteiger partial charge in [-0.05, 0) is 56.2 Å². The molecule has 10 heteroatoms. The maximum absolute atomic E-state index is 13.2. The predicted octanol–water partition coefficient (Wildman–Crippen LogP) is 3.45. The molecular formula is C24H32ClN3O5S. The molecule has 1 N–H and O–H groups in total. The largest absolute Gasteiger partial charge is 0.497 e. The van der Waals surface area contributed by atoms with Gasteiger partial charge in [-0.1, -0.05) is 29.8 Å². The molecule has 34 heavy (non-hydrogen) atoms. The number of hydrogen-bond acceptors (Lipinski definition) is 5. The fourth-order valence-corrected chi connectivity index (χ4v) is 4.63. The second-order valence-corrected chi connectivity index (χ2v) is 10.1. The summed E-state index contributed by atoms with van der Waals surface area (Å²) in [6.07, 6.45) is 1.47. The van der Waals surface area contributed by atoms with Crippen LogP contribution in [0.5, 0.6) is 5.75 Å². The number of sulfonamides is 1. The molecule has 0 saturated heterocycles. The van der Waals surface area contributed by atoms with Crippen LogP contribution in [-0.2, 0) is 26.2 Å². The Kier molecular flexibility index (Phi) is 10.2. The highest BCUT2D eigenvalue weighted by Crippen LogP contribution is 2.23. The quantitative estimate of drug-likeness (QED) is 0.472. The first-order valence-corrected chi connectivity index (χ1v) is 13.2. The number of nitrogens with zero attached hydrogens (tertiary/aromatic N) is 2. The first-order chi connectivity index (χ1) is 16.1. The number of rotatable bonds is 12. The van der Waals surface area contributed by atoms with Crippen LogP contribution in [0.25, 0.3) is 0 Å². The summed E-state index contributed by atoms with van der Waals surface area (Å²) >= 11 is 6.28. The summed E-state index contributed by atoms with van der Waals surface area (Å²) in [6.45, 7) is 4.21. The van der Waals surface area contributed by atoms with Gasteiger partial charge < -0.3 is 15.0 Å². The van der Waals surface area contributed by atoms with Crippen molar-refractivity contribution in [3.8, 4) is 5.75 Å². The molecule has 0 saturated carbocycles. The van der Waals surface area contributed by atoms with Gasteiger partial charge in [-0.3, -0.25) is 13.9 Å². The highest BCUT2D eigenvalue weighted by molar-refractivity contribution is 7.92. The van der Waals surface area contributed by atoms with Gasteiger partial charge in [0.1, 0.15) is 11.8 Å². The molecule has 0 aromatic heterocycles. The molecule has 0 radical (unpaired) electrons. The van der Waals surface area contributed by atoms with Crippen LogP contribution >= 0.6 is 11.6 Å². The van der Waals surface area contributed by atoms with E-state index in [0.717, 1.165) is 11.8 Å². The van der Waals surface area contributed by atoms with Gasteiger partial charge >= 0.3 is 0 Å². The van der Waals surface area contributed by atoms with E-state index < -0.39 is 16.1 Å². The Balaban J connectivity index is 2.15. The zero-order chi connectivity index (χ0) is 25.3. The van der Waals surface area contributed by atoms with Crippen molar-refractivity contribution in [3.63, 3.8) is 0 Å². The maximum atomic E-state index is 13.2. The van der Waals surface area contributed by atoms with Gasteiger partial charge in [-0.15, -0.1) is 0 Å². The normalized spacial score (nSPS) is 12.0. The van der Waals surface area contributed by atoms with Crippen molar-refractivity contribution >= 4 is 39.1 Å². The number of halogens is 1. The highest BCUT2D eigenvalue weighted by atomic mass is 35.5. The fourth-order valence-electron chi connectivity index (χ4n) is 3.47. The number of ether oxygens (including phenoxy) is 1. The van der Waals surface area contributed by atoms with E-state index in [-0.39, 0.29) is 37.7 Å². The molecule has 2 rings (SSSR count). The number of nitrogens with one attached hydrogen (secondary N) is 1. The number of methoxy groups -OCH3 is 1. The van der Waals surface area contributed by atoms with Crippen LogP contribution in [0.3, 0.4) is 0 Å². The van der Waals surface area contributed by atoms with Crippen LogP contribution < -0.4 is 14.4 Å². The van der Waals surface area contributed by atoms with Gasteiger partial charge in [0.05, 0.1) is 19.1 Å². The average Bonchev–Trinajstić information content (AvgIpc) is 2.80. The third-order valence-electron chi connectivity index (χ3n) is 5.33. The smallest absolute Gasteiger partial charge is 0.242 e. The van der Waals surface area contributed by atoms with Crippen LogP contribution in [0.2, 0.25) is 5.02 Å². The van der Waals surface area contributed by atoms with Gasteiger partial charge in [0.15, 0.2) is 0 Å². The standard InChI is InChI=1S/C24H32ClN3O5S/c1-5-26-24(30)18(2)27(17-19-9-6-7-10-22(19)25)23(29)11-8-16-28(34(4,31)32)20-12-14-21(33-3)15-13-20/h6-7,9-10,12-15,18H,5,8,11,16-17H2,1-4H3,(H,26,30)/t18-/m0/s1. The highest BCUT2D eigenvalue weighted by Gasteiger charge is 2.27. The molecule has 0 unspecified atom stereocenters. The lowest BCUT2D eigenvalue weighted by atomic mass is 10.1. The van der Waals surface area contributed by atoms with E-state index in [9.17, 15) is 18.0 Å². The number of amides is 2. The lowest BCUT2D eigenvalue weighted by molar-refractivity contribution is -0.140. The van der Waals surface area contributed by atoms with E-state index in [0.29, 0.717) is 23.0 Å². The summed E-state index contributed by atoms with van der Waals surface area (Å²) in [5.74, 6) is 0.0858. The summed E-state index contributed by atoms with van der Waals surface area (Å²) in [5.41, 5.74) is 1.21. The van der Waals surface area contributed by atoms with E-state index in [1.807, 2.05) is 19.1 Å². The lowest BCUT2D eigenvalue weighted by Gasteiger charge is -2.29. The van der Waals surface area contributed by atoms with E-state index >= 15 is 0 Å². The third kappa shape index (κ3) is 7.63. The van der Waals surface area contributed by atoms with Crippen molar-refractivity contribution in [1.29, 1.82) is 0 Å². The second kappa shape index (κ2) is 12.6. The van der Waals surface area contributed by atoms with Gasteiger partial charge in [0.25, 0.3) is 0 Å². The minimum Gasteiger partial charge on any atom is -0.497 e. The molecule has 2 aromatic rings. The number of carbonyl (C=O) groups excluding carboxylic acids is 2. The first kappa shape index (κ1) is 27.5. The minimum atomic E-state index is -3.56. The van der Waals surface area contributed by atoms with E-state index in [1.165, 1.54) is 16.3 Å². The first-order valence-electron chi connectivity index (χ1n) is 11.0. The van der Waals surface area contributed by atoms with Crippen LogP contribution in [0, 0.1) is 0 Å². The Morgan fingerprint density at radius 3 is 2.32 bits per heavy atom. The Morgan fingerprint density at radius 2 is 1.76 bits per heavy atom. The van der Waals surface area contributed by atoms with Crippen LogP contribution in [0.15, 0.2) is 48.5 Å². The summed E-state index contributed by atoms with van der Waals surface area (Å²) in [6, 6.07) is 13.1. The van der Waals surface area contributed by atoms with Gasteiger partial charge in [-0.2, -0.15) is 0 Å². The molecule has 0 aliphatic heterocycles. The molecule has 0 spiro atoms. The Bertz CT molecular complexity index is 1080. The van der Waals surface area contributed by atoms with Gasteiger partial charge in [0.2, 0.25) is 21.8 Å². The van der Waals surface area contributed by atoms with Gasteiger partial charge in [0, 0.05) is 31.1 Å². The maximum Gasteiger partial charge on any atom is 0.242 e. The molecule has 8 nitrogen and oxygen atoms in total. The molecule has 1 atom stereocenters. The Hall–Kier alpha value is -2.78. The van der Waals surface area contributed by atoms with Crippen molar-refractivity contribution in [3.05, 3.63) is 59.1 Å². The van der Waals surface area contributed by atoms with E-state index in [4.69, 9.17) is 16.3 Å². The van der Waals surface area contributed by atoms with E-state index in [2.05, 4.69) is 5.32 Å². The zero-order valence-electron chi connectivity index (χ0n) is 20.0. The SMILES string of the molecule is CCNC(=O)[C@H](C)N(Cc1ccccc1Cl)C(=O)CCCN(c1ccc(OC)cc1)S(C)(=O)=O. The summed E-state index contributed by atoms with van der Waals surface area (Å²) in [7, 11) is -2.03. The van der Waals surface area contributed by atoms with Crippen LogP contribution in [-0.4, -0.2) is 57.6 Å². The summed E-state index contributed by atoms with van der Waals surface area (Å²) in [5, 5.41) is 3.25. The lowest BCUT2D eigenvalue weighted by Crippen LogP contribution is -2.47. The van der Waals surface area contributed by atoms with Crippen molar-refractivity contribution in [1.82, 2.24) is 10.2 Å². The molecule has 0 bridgehead atoms. The fraction of sp³-hybridized carbons (Fsp3) is 0.417. The number of benzene rings is 2. The number of likely N-dealkylation sites (N-methyl/N-ethyl adjacent to an activating group) is 1. The second-order valence-electron chi connectivity index (χ2n) is 7.82. The Morgan fingerprint density at radius 1 is 1.12 bits per heavy atom. The van der Waals surface area contributed by atoms with Crippen LogP contribution in [0.4, 0.5) is 5.69 Å². The molecule has 0 heterocycles. The molecule has 0 fully saturated rings. The molecule has 0 aliphatic carbocycles. The van der Waals surface area contributed by atoms with Crippen LogP contribution in [0.1, 0.15) is 32.3 Å². The van der Waals surface area contributed by atoms with Crippen molar-refractivity contribution < 1.29 is 22.7 Å².